The van der Waals surface area contributed by atoms with E-state index in [2.05, 4.69) is 25.6 Å². The highest BCUT2D eigenvalue weighted by Gasteiger charge is 2.15. The smallest absolute Gasteiger partial charge is 0.266 e. The summed E-state index contributed by atoms with van der Waals surface area (Å²) in [4.78, 5) is 13.3. The third-order valence-corrected chi connectivity index (χ3v) is 4.65. The molecule has 0 bridgehead atoms. The zero-order valence-corrected chi connectivity index (χ0v) is 13.2. The molecule has 20 heavy (non-hydrogen) atoms. The second kappa shape index (κ2) is 6.09. The molecule has 2 N–H and O–H groups in total. The normalized spacial score (nSPS) is 11.5. The van der Waals surface area contributed by atoms with Crippen LogP contribution in [-0.2, 0) is 16.6 Å². The predicted molar refractivity (Wildman–Crippen MR) is 80.2 cm³/mol. The fourth-order valence-corrected chi connectivity index (χ4v) is 3.20. The average Bonchev–Trinajstić information content (AvgIpc) is 2.40. The third-order valence-electron chi connectivity index (χ3n) is 2.50. The van der Waals surface area contributed by atoms with Gasteiger partial charge in [0.1, 0.15) is 5.02 Å². The van der Waals surface area contributed by atoms with Gasteiger partial charge in [-0.1, -0.05) is 39.7 Å². The Balaban J connectivity index is 2.19. The van der Waals surface area contributed by atoms with Crippen molar-refractivity contribution in [3.63, 3.8) is 0 Å². The molecule has 0 fully saturated rings. The van der Waals surface area contributed by atoms with E-state index in [1.165, 1.54) is 0 Å². The highest BCUT2D eigenvalue weighted by Crippen LogP contribution is 2.14. The molecule has 106 valence electrons. The Morgan fingerprint density at radius 1 is 1.30 bits per heavy atom. The predicted octanol–water partition coefficient (Wildman–Crippen LogP) is 2.27. The van der Waals surface area contributed by atoms with E-state index in [-0.39, 0.29) is 16.5 Å². The first kappa shape index (κ1) is 15.2. The summed E-state index contributed by atoms with van der Waals surface area (Å²) in [6.45, 7) is 0.137. The fraction of sp³-hybridized carbons (Fsp3) is 0.0833. The van der Waals surface area contributed by atoms with Gasteiger partial charge in [0.15, 0.2) is 0 Å². The minimum Gasteiger partial charge on any atom is -0.326 e. The third kappa shape index (κ3) is 3.69. The molecule has 2 aromatic rings. The fourth-order valence-electron chi connectivity index (χ4n) is 1.50. The summed E-state index contributed by atoms with van der Waals surface area (Å²) < 4.78 is 27.4. The highest BCUT2D eigenvalue weighted by atomic mass is 79.9. The number of nitrogens with one attached hydrogen (secondary N) is 2. The van der Waals surface area contributed by atoms with Gasteiger partial charge >= 0.3 is 0 Å². The van der Waals surface area contributed by atoms with E-state index in [0.29, 0.717) is 0 Å². The molecule has 1 aromatic carbocycles. The van der Waals surface area contributed by atoms with Crippen LogP contribution in [-0.4, -0.2) is 13.4 Å². The van der Waals surface area contributed by atoms with Gasteiger partial charge in [-0.25, -0.2) is 13.1 Å². The average molecular weight is 378 g/mol. The number of hydrogen-bond acceptors (Lipinski definition) is 3. The molecular weight excluding hydrogens is 368 g/mol. The van der Waals surface area contributed by atoms with E-state index in [9.17, 15) is 13.2 Å². The van der Waals surface area contributed by atoms with Crippen LogP contribution in [0.3, 0.4) is 0 Å². The van der Waals surface area contributed by atoms with Crippen molar-refractivity contribution >= 4 is 37.6 Å². The number of aromatic nitrogens is 1. The minimum atomic E-state index is -3.73. The number of aromatic amines is 1. The van der Waals surface area contributed by atoms with Crippen molar-refractivity contribution in [2.75, 3.05) is 0 Å². The highest BCUT2D eigenvalue weighted by molar-refractivity contribution is 9.10. The van der Waals surface area contributed by atoms with Crippen LogP contribution in [0.5, 0.6) is 0 Å². The zero-order chi connectivity index (χ0) is 14.8. The first-order valence-electron chi connectivity index (χ1n) is 5.51. The van der Waals surface area contributed by atoms with Crippen molar-refractivity contribution in [3.05, 3.63) is 61.9 Å². The number of pyridine rings is 1. The molecule has 0 spiro atoms. The lowest BCUT2D eigenvalue weighted by Crippen LogP contribution is -2.24. The number of H-pyrrole nitrogens is 1. The quantitative estimate of drug-likeness (QED) is 0.858. The number of halogens is 2. The van der Waals surface area contributed by atoms with Gasteiger partial charge in [-0.05, 0) is 23.8 Å². The summed E-state index contributed by atoms with van der Waals surface area (Å²) in [5.41, 5.74) is 0.274. The Labute approximate surface area is 129 Å². The van der Waals surface area contributed by atoms with E-state index in [1.807, 2.05) is 18.2 Å². The Bertz CT molecular complexity index is 789. The molecular formula is C12H10BrClN2O3S. The Hall–Kier alpha value is -1.15. The van der Waals surface area contributed by atoms with Crippen molar-refractivity contribution in [1.29, 1.82) is 0 Å². The van der Waals surface area contributed by atoms with Gasteiger partial charge in [0.25, 0.3) is 5.56 Å². The second-order valence-corrected chi connectivity index (χ2v) is 7.06. The molecule has 0 atom stereocenters. The van der Waals surface area contributed by atoms with Crippen molar-refractivity contribution in [1.82, 2.24) is 9.71 Å². The number of benzene rings is 1. The lowest BCUT2D eigenvalue weighted by Gasteiger charge is -2.07. The molecule has 0 saturated heterocycles. The van der Waals surface area contributed by atoms with Crippen LogP contribution in [0.1, 0.15) is 5.56 Å². The first-order valence-corrected chi connectivity index (χ1v) is 8.16. The van der Waals surface area contributed by atoms with Crippen LogP contribution >= 0.6 is 27.5 Å². The largest absolute Gasteiger partial charge is 0.326 e. The van der Waals surface area contributed by atoms with Crippen LogP contribution in [0, 0.1) is 0 Å². The molecule has 1 aromatic heterocycles. The standard InChI is InChI=1S/C12H10BrClN2O3S/c13-9-3-1-2-8(4-9)6-16-20(18,19)10-5-11(14)12(17)15-7-10/h1-5,7,16H,6H2,(H,15,17). The van der Waals surface area contributed by atoms with E-state index in [0.717, 1.165) is 22.3 Å². The summed E-state index contributed by atoms with van der Waals surface area (Å²) in [5, 5.41) is -0.171. The van der Waals surface area contributed by atoms with E-state index in [1.54, 1.807) is 6.07 Å². The van der Waals surface area contributed by atoms with Gasteiger partial charge in [-0.15, -0.1) is 0 Å². The lowest BCUT2D eigenvalue weighted by atomic mass is 10.2. The molecule has 8 heteroatoms. The lowest BCUT2D eigenvalue weighted by molar-refractivity contribution is 0.581. The molecule has 0 radical (unpaired) electrons. The molecule has 0 aliphatic carbocycles. The Morgan fingerprint density at radius 3 is 2.70 bits per heavy atom. The van der Waals surface area contributed by atoms with Crippen molar-refractivity contribution < 1.29 is 8.42 Å². The number of rotatable bonds is 4. The summed E-state index contributed by atoms with van der Waals surface area (Å²) in [6.07, 6.45) is 1.11. The SMILES string of the molecule is O=c1[nH]cc(S(=O)(=O)NCc2cccc(Br)c2)cc1Cl. The van der Waals surface area contributed by atoms with Crippen LogP contribution in [0.15, 0.2) is 50.7 Å². The van der Waals surface area contributed by atoms with Crippen LogP contribution in [0.4, 0.5) is 0 Å². The molecule has 0 saturated carbocycles. The molecule has 0 aliphatic rings. The van der Waals surface area contributed by atoms with Crippen LogP contribution < -0.4 is 10.3 Å². The van der Waals surface area contributed by atoms with Crippen LogP contribution in [0.25, 0.3) is 0 Å². The van der Waals surface area contributed by atoms with Crippen molar-refractivity contribution in [2.24, 2.45) is 0 Å². The van der Waals surface area contributed by atoms with E-state index < -0.39 is 15.6 Å². The van der Waals surface area contributed by atoms with Gasteiger partial charge in [-0.3, -0.25) is 4.79 Å². The van der Waals surface area contributed by atoms with E-state index in [4.69, 9.17) is 11.6 Å². The van der Waals surface area contributed by atoms with Gasteiger partial charge in [0.2, 0.25) is 10.0 Å². The van der Waals surface area contributed by atoms with Gasteiger partial charge in [-0.2, -0.15) is 0 Å². The van der Waals surface area contributed by atoms with Crippen LogP contribution in [0.2, 0.25) is 5.02 Å². The number of hydrogen-bond donors (Lipinski definition) is 2. The molecule has 5 nitrogen and oxygen atoms in total. The monoisotopic (exact) mass is 376 g/mol. The summed E-state index contributed by atoms with van der Waals surface area (Å²) >= 11 is 8.93. The summed E-state index contributed by atoms with van der Waals surface area (Å²) in [7, 11) is -3.73. The molecule has 0 unspecified atom stereocenters. The molecule has 0 aliphatic heterocycles. The molecule has 0 amide bonds. The Kier molecular flexibility index (Phi) is 4.64. The second-order valence-electron chi connectivity index (χ2n) is 3.97. The van der Waals surface area contributed by atoms with Crippen molar-refractivity contribution in [2.45, 2.75) is 11.4 Å². The van der Waals surface area contributed by atoms with Crippen molar-refractivity contribution in [3.8, 4) is 0 Å². The molecule has 2 rings (SSSR count). The zero-order valence-electron chi connectivity index (χ0n) is 10.1. The maximum Gasteiger partial charge on any atom is 0.266 e. The van der Waals surface area contributed by atoms with Gasteiger partial charge in [0.05, 0.1) is 4.90 Å². The molecule has 1 heterocycles. The maximum absolute atomic E-state index is 12.1. The first-order chi connectivity index (χ1) is 9.38. The maximum atomic E-state index is 12.1. The summed E-state index contributed by atoms with van der Waals surface area (Å²) in [5.74, 6) is 0. The number of sulfonamides is 1. The van der Waals surface area contributed by atoms with Gasteiger partial charge < -0.3 is 4.98 Å². The van der Waals surface area contributed by atoms with Gasteiger partial charge in [0, 0.05) is 17.2 Å². The van der Waals surface area contributed by atoms with E-state index >= 15 is 0 Å². The summed E-state index contributed by atoms with van der Waals surface area (Å²) in [6, 6.07) is 8.38. The minimum absolute atomic E-state index is 0.0860. The topological polar surface area (TPSA) is 79.0 Å². The Morgan fingerprint density at radius 2 is 2.05 bits per heavy atom.